The molecule has 10 heteroatoms. The summed E-state index contributed by atoms with van der Waals surface area (Å²) < 4.78 is 39.9. The number of benzene rings is 1. The van der Waals surface area contributed by atoms with Gasteiger partial charge in [0.05, 0.1) is 5.69 Å². The molecule has 0 heterocycles. The number of hydrazine groups is 1. The van der Waals surface area contributed by atoms with Gasteiger partial charge in [0.1, 0.15) is 12.1 Å². The number of nitrogens with zero attached hydrogens (tertiary/aromatic N) is 2. The highest BCUT2D eigenvalue weighted by molar-refractivity contribution is 5.89. The summed E-state index contributed by atoms with van der Waals surface area (Å²) in [5.74, 6) is 0.287. The fraction of sp³-hybridized carbons (Fsp3) is 0.385. The molecule has 0 bridgehead atoms. The molecule has 0 spiro atoms. The highest BCUT2D eigenvalue weighted by atomic mass is 35.5. The van der Waals surface area contributed by atoms with Gasteiger partial charge in [-0.15, -0.1) is 25.6 Å². The number of hydrogen-bond acceptors (Lipinski definition) is 4. The van der Waals surface area contributed by atoms with E-state index < -0.39 is 6.36 Å². The van der Waals surface area contributed by atoms with Crippen molar-refractivity contribution >= 4 is 30.4 Å². The van der Waals surface area contributed by atoms with Crippen LogP contribution in [-0.4, -0.2) is 30.2 Å². The fourth-order valence-electron chi connectivity index (χ4n) is 1.65. The van der Waals surface area contributed by atoms with Gasteiger partial charge in [-0.2, -0.15) is 0 Å². The first-order valence-electron chi connectivity index (χ1n) is 6.60. The van der Waals surface area contributed by atoms with Crippen molar-refractivity contribution < 1.29 is 17.9 Å². The Morgan fingerprint density at radius 2 is 2.00 bits per heavy atom. The summed E-state index contributed by atoms with van der Waals surface area (Å²) in [5.41, 5.74) is 9.07. The Kier molecular flexibility index (Phi) is 6.64. The van der Waals surface area contributed by atoms with E-state index >= 15 is 0 Å². The number of guanidine groups is 1. The summed E-state index contributed by atoms with van der Waals surface area (Å²) in [4.78, 5) is 4.04. The maximum atomic E-state index is 12.0. The molecule has 23 heavy (non-hydrogen) atoms. The van der Waals surface area contributed by atoms with E-state index in [9.17, 15) is 13.2 Å². The van der Waals surface area contributed by atoms with Crippen LogP contribution in [-0.2, 0) is 0 Å². The van der Waals surface area contributed by atoms with Crippen molar-refractivity contribution in [2.75, 3.05) is 6.54 Å². The van der Waals surface area contributed by atoms with Crippen molar-refractivity contribution in [3.63, 3.8) is 0 Å². The second-order valence-electron chi connectivity index (χ2n) is 4.82. The average molecular weight is 352 g/mol. The van der Waals surface area contributed by atoms with Gasteiger partial charge in [0.2, 0.25) is 5.96 Å². The van der Waals surface area contributed by atoms with Crippen LogP contribution in [0.2, 0.25) is 0 Å². The number of aliphatic imine (C=N–C) groups is 1. The Hall–Kier alpha value is -2.00. The predicted molar refractivity (Wildman–Crippen MR) is 83.0 cm³/mol. The van der Waals surface area contributed by atoms with Gasteiger partial charge in [0.15, 0.2) is 0 Å². The number of nitrogens with two attached hydrogens (primary N) is 1. The summed E-state index contributed by atoms with van der Waals surface area (Å²) in [6, 6.07) is 4.98. The van der Waals surface area contributed by atoms with Gasteiger partial charge in [-0.05, 0) is 43.0 Å². The third-order valence-corrected chi connectivity index (χ3v) is 2.94. The van der Waals surface area contributed by atoms with Gasteiger partial charge in [-0.3, -0.25) is 5.41 Å². The lowest BCUT2D eigenvalue weighted by atomic mass is 10.3. The average Bonchev–Trinajstić information content (AvgIpc) is 3.24. The topological polar surface area (TPSA) is 86.7 Å². The molecule has 0 unspecified atom stereocenters. The first-order chi connectivity index (χ1) is 10.4. The molecular weight excluding hydrogens is 335 g/mol. The molecular formula is C13H17ClF3N5O. The molecule has 0 saturated heterocycles. The number of hydrogen-bond donors (Lipinski definition) is 3. The lowest BCUT2D eigenvalue weighted by Gasteiger charge is -2.18. The van der Waals surface area contributed by atoms with E-state index in [0.29, 0.717) is 18.2 Å². The monoisotopic (exact) mass is 351 g/mol. The maximum Gasteiger partial charge on any atom is 0.573 e. The SMILES string of the molecule is Cl.N=CN(NCC1CC1)C(N)=Nc1ccc(OC(F)(F)F)cc1. The minimum absolute atomic E-state index is 0. The zero-order valence-corrected chi connectivity index (χ0v) is 12.8. The van der Waals surface area contributed by atoms with E-state index in [2.05, 4.69) is 15.2 Å². The van der Waals surface area contributed by atoms with Crippen LogP contribution < -0.4 is 15.9 Å². The molecule has 6 nitrogen and oxygen atoms in total. The van der Waals surface area contributed by atoms with Crippen LogP contribution in [0.3, 0.4) is 0 Å². The molecule has 1 aliphatic rings. The molecule has 0 aromatic heterocycles. The van der Waals surface area contributed by atoms with Crippen LogP contribution in [0.25, 0.3) is 0 Å². The zero-order valence-electron chi connectivity index (χ0n) is 12.0. The van der Waals surface area contributed by atoms with Crippen molar-refractivity contribution in [2.24, 2.45) is 16.6 Å². The largest absolute Gasteiger partial charge is 0.573 e. The third-order valence-electron chi connectivity index (χ3n) is 2.94. The van der Waals surface area contributed by atoms with Crippen LogP contribution in [0, 0.1) is 11.3 Å². The lowest BCUT2D eigenvalue weighted by molar-refractivity contribution is -0.274. The standard InChI is InChI=1S/C13H16F3N5O.ClH/c14-13(15,16)22-11-5-3-10(4-6-11)20-12(18)21(8-17)19-7-9-1-2-9;/h3-6,8-9,17,19H,1-2,7H2,(H2,18,20);1H. The Balaban J connectivity index is 0.00000264. The Morgan fingerprint density at radius 3 is 2.48 bits per heavy atom. The molecule has 1 saturated carbocycles. The number of alkyl halides is 3. The summed E-state index contributed by atoms with van der Waals surface area (Å²) in [7, 11) is 0. The first kappa shape index (κ1) is 19.0. The summed E-state index contributed by atoms with van der Waals surface area (Å²) in [5, 5.41) is 8.55. The summed E-state index contributed by atoms with van der Waals surface area (Å²) >= 11 is 0. The molecule has 1 aliphatic carbocycles. The van der Waals surface area contributed by atoms with E-state index in [1.54, 1.807) is 0 Å². The van der Waals surface area contributed by atoms with Crippen molar-refractivity contribution in [3.05, 3.63) is 24.3 Å². The maximum absolute atomic E-state index is 12.0. The Labute approximate surface area is 137 Å². The normalized spacial score (nSPS) is 14.8. The number of rotatable bonds is 6. The molecule has 1 fully saturated rings. The number of ether oxygens (including phenoxy) is 1. The highest BCUT2D eigenvalue weighted by Crippen LogP contribution is 2.27. The van der Waals surface area contributed by atoms with Crippen molar-refractivity contribution in [3.8, 4) is 5.75 Å². The molecule has 128 valence electrons. The second-order valence-corrected chi connectivity index (χ2v) is 4.82. The van der Waals surface area contributed by atoms with Crippen molar-refractivity contribution in [1.82, 2.24) is 10.4 Å². The number of halogens is 4. The quantitative estimate of drug-likeness (QED) is 0.418. The molecule has 1 aromatic rings. The van der Waals surface area contributed by atoms with Crippen LogP contribution in [0.4, 0.5) is 18.9 Å². The van der Waals surface area contributed by atoms with E-state index in [4.69, 9.17) is 11.1 Å². The second kappa shape index (κ2) is 8.02. The Bertz CT molecular complexity index is 546. The van der Waals surface area contributed by atoms with E-state index in [0.717, 1.165) is 31.3 Å². The van der Waals surface area contributed by atoms with Crippen LogP contribution in [0.15, 0.2) is 29.3 Å². The van der Waals surface area contributed by atoms with Crippen LogP contribution in [0.5, 0.6) is 5.75 Å². The minimum atomic E-state index is -4.73. The van der Waals surface area contributed by atoms with Crippen molar-refractivity contribution in [2.45, 2.75) is 19.2 Å². The molecule has 4 N–H and O–H groups in total. The van der Waals surface area contributed by atoms with E-state index in [1.165, 1.54) is 17.1 Å². The van der Waals surface area contributed by atoms with Gasteiger partial charge >= 0.3 is 6.36 Å². The van der Waals surface area contributed by atoms with Crippen LogP contribution in [0.1, 0.15) is 12.8 Å². The van der Waals surface area contributed by atoms with E-state index in [-0.39, 0.29) is 24.1 Å². The lowest BCUT2D eigenvalue weighted by Crippen LogP contribution is -2.46. The predicted octanol–water partition coefficient (Wildman–Crippen LogP) is 2.78. The fourth-order valence-corrected chi connectivity index (χ4v) is 1.65. The highest BCUT2D eigenvalue weighted by Gasteiger charge is 2.30. The third kappa shape index (κ3) is 6.74. The van der Waals surface area contributed by atoms with Gasteiger partial charge in [-0.1, -0.05) is 0 Å². The molecule has 0 aliphatic heterocycles. The summed E-state index contributed by atoms with van der Waals surface area (Å²) in [6.45, 7) is 0.698. The molecule has 0 amide bonds. The molecule has 2 rings (SSSR count). The molecule has 0 atom stereocenters. The number of nitrogens with one attached hydrogen (secondary N) is 2. The van der Waals surface area contributed by atoms with Gasteiger partial charge in [0, 0.05) is 6.54 Å². The van der Waals surface area contributed by atoms with E-state index in [1.807, 2.05) is 0 Å². The van der Waals surface area contributed by atoms with Gasteiger partial charge in [0.25, 0.3) is 0 Å². The van der Waals surface area contributed by atoms with Gasteiger partial charge in [-0.25, -0.2) is 15.4 Å². The molecule has 1 aromatic carbocycles. The van der Waals surface area contributed by atoms with Crippen LogP contribution >= 0.6 is 12.4 Å². The first-order valence-corrected chi connectivity index (χ1v) is 6.60. The smallest absolute Gasteiger partial charge is 0.406 e. The summed E-state index contributed by atoms with van der Waals surface area (Å²) in [6.07, 6.45) is -1.44. The zero-order chi connectivity index (χ0) is 16.2. The Morgan fingerprint density at radius 1 is 1.39 bits per heavy atom. The molecule has 0 radical (unpaired) electrons. The van der Waals surface area contributed by atoms with Crippen molar-refractivity contribution in [1.29, 1.82) is 5.41 Å². The minimum Gasteiger partial charge on any atom is -0.406 e. The van der Waals surface area contributed by atoms with Gasteiger partial charge < -0.3 is 10.5 Å².